The Labute approximate surface area is 97.1 Å². The number of sulfone groups is 1. The van der Waals surface area contributed by atoms with E-state index in [2.05, 4.69) is 0 Å². The lowest BCUT2D eigenvalue weighted by Gasteiger charge is -2.22. The fourth-order valence-corrected chi connectivity index (χ4v) is 1.61. The smallest absolute Gasteiger partial charge is 0.395 e. The quantitative estimate of drug-likeness (QED) is 0.730. The zero-order valence-electron chi connectivity index (χ0n) is 9.20. The van der Waals surface area contributed by atoms with E-state index in [9.17, 15) is 26.4 Å². The molecule has 0 aromatic rings. The van der Waals surface area contributed by atoms with Gasteiger partial charge in [-0.1, -0.05) is 0 Å². The van der Waals surface area contributed by atoms with E-state index in [1.165, 1.54) is 0 Å². The molecule has 9 heteroatoms. The maximum atomic E-state index is 12.1. The Morgan fingerprint density at radius 1 is 1.35 bits per heavy atom. The Kier molecular flexibility index (Phi) is 5.89. The highest BCUT2D eigenvalue weighted by Gasteiger charge is 2.32. The van der Waals surface area contributed by atoms with Crippen molar-refractivity contribution in [2.75, 3.05) is 31.7 Å². The van der Waals surface area contributed by atoms with Gasteiger partial charge in [0.2, 0.25) is 5.91 Å². The van der Waals surface area contributed by atoms with Gasteiger partial charge in [0.1, 0.15) is 16.4 Å². The van der Waals surface area contributed by atoms with Crippen molar-refractivity contribution in [2.45, 2.75) is 12.6 Å². The Balaban J connectivity index is 4.45. The molecule has 5 nitrogen and oxygen atoms in total. The molecule has 0 spiro atoms. The fourth-order valence-electron chi connectivity index (χ4n) is 1.06. The zero-order chi connectivity index (χ0) is 13.7. The lowest BCUT2D eigenvalue weighted by molar-refractivity contribution is -0.161. The molecule has 0 atom stereocenters. The van der Waals surface area contributed by atoms with Crippen molar-refractivity contribution < 1.29 is 31.5 Å². The SMILES string of the molecule is CS(=O)(=O)CCC(=O)N(CCO)CC(F)(F)F. The van der Waals surface area contributed by atoms with E-state index in [0.29, 0.717) is 4.90 Å². The molecule has 0 aromatic heterocycles. The highest BCUT2D eigenvalue weighted by molar-refractivity contribution is 7.90. The number of carbonyl (C=O) groups excluding carboxylic acids is 1. The van der Waals surface area contributed by atoms with Crippen molar-refractivity contribution in [1.82, 2.24) is 4.90 Å². The van der Waals surface area contributed by atoms with E-state index >= 15 is 0 Å². The molecule has 0 radical (unpaired) electrons. The van der Waals surface area contributed by atoms with Crippen molar-refractivity contribution >= 4 is 15.7 Å². The molecule has 0 unspecified atom stereocenters. The van der Waals surface area contributed by atoms with Crippen LogP contribution in [0.4, 0.5) is 13.2 Å². The van der Waals surface area contributed by atoms with E-state index in [1.54, 1.807) is 0 Å². The first-order valence-electron chi connectivity index (χ1n) is 4.68. The molecular formula is C8H14F3NO4S. The molecule has 1 N–H and O–H groups in total. The van der Waals surface area contributed by atoms with Gasteiger partial charge in [0.15, 0.2) is 0 Å². The van der Waals surface area contributed by atoms with Crippen molar-refractivity contribution in [3.63, 3.8) is 0 Å². The van der Waals surface area contributed by atoms with Crippen LogP contribution in [0.15, 0.2) is 0 Å². The van der Waals surface area contributed by atoms with Gasteiger partial charge >= 0.3 is 6.18 Å². The first kappa shape index (κ1) is 16.2. The molecule has 0 aromatic carbocycles. The summed E-state index contributed by atoms with van der Waals surface area (Å²) >= 11 is 0. The van der Waals surface area contributed by atoms with E-state index in [4.69, 9.17) is 5.11 Å². The van der Waals surface area contributed by atoms with Gasteiger partial charge in [0.05, 0.1) is 12.4 Å². The van der Waals surface area contributed by atoms with Crippen LogP contribution in [0.5, 0.6) is 0 Å². The molecule has 17 heavy (non-hydrogen) atoms. The average molecular weight is 277 g/mol. The molecular weight excluding hydrogens is 263 g/mol. The first-order valence-corrected chi connectivity index (χ1v) is 6.74. The number of carbonyl (C=O) groups is 1. The van der Waals surface area contributed by atoms with Crippen LogP contribution >= 0.6 is 0 Å². The number of amides is 1. The van der Waals surface area contributed by atoms with Crippen LogP contribution < -0.4 is 0 Å². The minimum absolute atomic E-state index is 0.394. The Bertz CT molecular complexity index is 352. The van der Waals surface area contributed by atoms with Gasteiger partial charge in [0, 0.05) is 19.2 Å². The van der Waals surface area contributed by atoms with E-state index in [1.807, 2.05) is 0 Å². The summed E-state index contributed by atoms with van der Waals surface area (Å²) in [5.41, 5.74) is 0. The number of hydrogen-bond acceptors (Lipinski definition) is 4. The van der Waals surface area contributed by atoms with Crippen molar-refractivity contribution in [3.05, 3.63) is 0 Å². The minimum Gasteiger partial charge on any atom is -0.395 e. The van der Waals surface area contributed by atoms with E-state index in [-0.39, 0.29) is 0 Å². The maximum absolute atomic E-state index is 12.1. The highest BCUT2D eigenvalue weighted by atomic mass is 32.2. The second-order valence-electron chi connectivity index (χ2n) is 3.53. The molecule has 0 fully saturated rings. The van der Waals surface area contributed by atoms with Gasteiger partial charge in [-0.3, -0.25) is 4.79 Å². The summed E-state index contributed by atoms with van der Waals surface area (Å²) in [6.45, 7) is -2.57. The van der Waals surface area contributed by atoms with Crippen LogP contribution in [-0.2, 0) is 14.6 Å². The number of alkyl halides is 3. The Morgan fingerprint density at radius 2 is 1.88 bits per heavy atom. The van der Waals surface area contributed by atoms with E-state index < -0.39 is 53.8 Å². The molecule has 0 saturated heterocycles. The lowest BCUT2D eigenvalue weighted by Crippen LogP contribution is -2.41. The van der Waals surface area contributed by atoms with Crippen LogP contribution in [0.1, 0.15) is 6.42 Å². The molecule has 102 valence electrons. The summed E-state index contributed by atoms with van der Waals surface area (Å²) in [5, 5.41) is 8.53. The van der Waals surface area contributed by atoms with Gasteiger partial charge in [0.25, 0.3) is 0 Å². The number of nitrogens with zero attached hydrogens (tertiary/aromatic N) is 1. The van der Waals surface area contributed by atoms with Crippen LogP contribution in [0.3, 0.4) is 0 Å². The highest BCUT2D eigenvalue weighted by Crippen LogP contribution is 2.16. The molecule has 1 amide bonds. The number of aliphatic hydroxyl groups excluding tert-OH is 1. The molecule has 0 aliphatic heterocycles. The third kappa shape index (κ3) is 8.93. The maximum Gasteiger partial charge on any atom is 0.406 e. The Hall–Kier alpha value is -0.830. The average Bonchev–Trinajstić information content (AvgIpc) is 2.10. The molecule has 0 aliphatic rings. The summed E-state index contributed by atoms with van der Waals surface area (Å²) in [7, 11) is -3.40. The standard InChI is InChI=1S/C8H14F3NO4S/c1-17(15,16)5-2-7(14)12(3-4-13)6-8(9,10)11/h13H,2-6H2,1H3. The fraction of sp³-hybridized carbons (Fsp3) is 0.875. The molecule has 0 heterocycles. The summed E-state index contributed by atoms with van der Waals surface area (Å²) < 4.78 is 57.7. The molecule has 0 bridgehead atoms. The van der Waals surface area contributed by atoms with E-state index in [0.717, 1.165) is 6.26 Å². The van der Waals surface area contributed by atoms with Crippen LogP contribution in [0.25, 0.3) is 0 Å². The second-order valence-corrected chi connectivity index (χ2v) is 5.79. The summed E-state index contributed by atoms with van der Waals surface area (Å²) in [6, 6.07) is 0. The third-order valence-corrected chi connectivity index (χ3v) is 2.73. The summed E-state index contributed by atoms with van der Waals surface area (Å²) in [6.07, 6.45) is -4.20. The molecule has 0 saturated carbocycles. The van der Waals surface area contributed by atoms with Gasteiger partial charge < -0.3 is 10.0 Å². The largest absolute Gasteiger partial charge is 0.406 e. The van der Waals surface area contributed by atoms with Crippen LogP contribution in [0.2, 0.25) is 0 Å². The van der Waals surface area contributed by atoms with Crippen LogP contribution in [0, 0.1) is 0 Å². The lowest BCUT2D eigenvalue weighted by atomic mass is 10.3. The predicted molar refractivity (Wildman–Crippen MR) is 54.0 cm³/mol. The number of rotatable bonds is 6. The molecule has 0 aliphatic carbocycles. The normalized spacial score (nSPS) is 12.5. The third-order valence-electron chi connectivity index (χ3n) is 1.78. The van der Waals surface area contributed by atoms with Gasteiger partial charge in [-0.05, 0) is 0 Å². The predicted octanol–water partition coefficient (Wildman–Crippen LogP) is -0.196. The minimum atomic E-state index is -4.57. The Morgan fingerprint density at radius 3 is 2.24 bits per heavy atom. The first-order chi connectivity index (χ1) is 7.55. The van der Waals surface area contributed by atoms with Gasteiger partial charge in [-0.2, -0.15) is 13.2 Å². The summed E-state index contributed by atoms with van der Waals surface area (Å²) in [5.74, 6) is -1.45. The van der Waals surface area contributed by atoms with Crippen molar-refractivity contribution in [3.8, 4) is 0 Å². The van der Waals surface area contributed by atoms with Crippen molar-refractivity contribution in [1.29, 1.82) is 0 Å². The number of halogens is 3. The second kappa shape index (κ2) is 6.20. The summed E-state index contributed by atoms with van der Waals surface area (Å²) in [4.78, 5) is 11.7. The van der Waals surface area contributed by atoms with Gasteiger partial charge in [-0.25, -0.2) is 8.42 Å². The topological polar surface area (TPSA) is 74.7 Å². The molecule has 0 rings (SSSR count). The monoisotopic (exact) mass is 277 g/mol. The van der Waals surface area contributed by atoms with Crippen molar-refractivity contribution in [2.24, 2.45) is 0 Å². The van der Waals surface area contributed by atoms with Crippen LogP contribution in [-0.4, -0.2) is 62.2 Å². The number of aliphatic hydroxyl groups is 1. The number of hydrogen-bond donors (Lipinski definition) is 1. The van der Waals surface area contributed by atoms with Gasteiger partial charge in [-0.15, -0.1) is 0 Å². The zero-order valence-corrected chi connectivity index (χ0v) is 10.0.